The molecular weight excluding hydrogens is 541 g/mol. The van der Waals surface area contributed by atoms with E-state index in [1.165, 1.54) is 48.7 Å². The Bertz CT molecular complexity index is 1530. The van der Waals surface area contributed by atoms with E-state index in [-0.39, 0.29) is 17.0 Å². The van der Waals surface area contributed by atoms with Crippen molar-refractivity contribution in [1.29, 1.82) is 0 Å². The maximum absolute atomic E-state index is 14.3. The van der Waals surface area contributed by atoms with Crippen molar-refractivity contribution in [2.24, 2.45) is 5.10 Å². The Morgan fingerprint density at radius 3 is 2.28 bits per heavy atom. The van der Waals surface area contributed by atoms with Crippen molar-refractivity contribution in [3.05, 3.63) is 131 Å². The summed E-state index contributed by atoms with van der Waals surface area (Å²) < 4.78 is 47.5. The molecule has 0 saturated heterocycles. The molecule has 0 aliphatic carbocycles. The Morgan fingerprint density at radius 2 is 1.59 bits per heavy atom. The van der Waals surface area contributed by atoms with E-state index in [0.717, 1.165) is 9.87 Å². The topological polar surface area (TPSA) is 88.1 Å². The van der Waals surface area contributed by atoms with Crippen LogP contribution in [-0.4, -0.2) is 31.4 Å². The SMILES string of the molecule is O=C(CN(Cc1ccccc1F)S(=O)(=O)c1ccc(Cl)cc1)N/N=C\c1ccc(OCc2ccccc2)cc1. The zero-order valence-electron chi connectivity index (χ0n) is 20.7. The fraction of sp³-hybridized carbons (Fsp3) is 0.103. The minimum absolute atomic E-state index is 0.0749. The number of carbonyl (C=O) groups is 1. The van der Waals surface area contributed by atoms with E-state index in [1.807, 2.05) is 30.3 Å². The van der Waals surface area contributed by atoms with Crippen molar-refractivity contribution >= 4 is 33.7 Å². The molecule has 0 atom stereocenters. The van der Waals surface area contributed by atoms with Gasteiger partial charge in [0.15, 0.2) is 0 Å². The molecule has 0 aromatic heterocycles. The van der Waals surface area contributed by atoms with Gasteiger partial charge in [-0.1, -0.05) is 60.1 Å². The molecule has 0 aliphatic rings. The summed E-state index contributed by atoms with van der Waals surface area (Å²) in [6.45, 7) is -0.491. The summed E-state index contributed by atoms with van der Waals surface area (Å²) >= 11 is 5.89. The molecule has 7 nitrogen and oxygen atoms in total. The Morgan fingerprint density at radius 1 is 0.923 bits per heavy atom. The largest absolute Gasteiger partial charge is 0.489 e. The molecule has 4 aromatic carbocycles. The zero-order valence-corrected chi connectivity index (χ0v) is 22.3. The van der Waals surface area contributed by atoms with Crippen molar-refractivity contribution in [1.82, 2.24) is 9.73 Å². The van der Waals surface area contributed by atoms with E-state index in [0.29, 0.717) is 22.9 Å². The van der Waals surface area contributed by atoms with Crippen LogP contribution in [0.4, 0.5) is 4.39 Å². The van der Waals surface area contributed by atoms with Crippen molar-refractivity contribution in [3.63, 3.8) is 0 Å². The second kappa shape index (κ2) is 13.1. The first-order valence-corrected chi connectivity index (χ1v) is 13.7. The highest BCUT2D eigenvalue weighted by molar-refractivity contribution is 7.89. The molecule has 0 aliphatic heterocycles. The number of amides is 1. The number of halogens is 2. The van der Waals surface area contributed by atoms with Crippen LogP contribution in [0.15, 0.2) is 113 Å². The predicted octanol–water partition coefficient (Wildman–Crippen LogP) is 5.40. The smallest absolute Gasteiger partial charge is 0.255 e. The lowest BCUT2D eigenvalue weighted by Crippen LogP contribution is -2.39. The van der Waals surface area contributed by atoms with Gasteiger partial charge in [-0.3, -0.25) is 4.79 Å². The van der Waals surface area contributed by atoms with Gasteiger partial charge in [0.2, 0.25) is 10.0 Å². The maximum atomic E-state index is 14.3. The predicted molar refractivity (Wildman–Crippen MR) is 148 cm³/mol. The minimum atomic E-state index is -4.15. The second-order valence-electron chi connectivity index (χ2n) is 8.45. The molecule has 4 aromatic rings. The summed E-state index contributed by atoms with van der Waals surface area (Å²) in [5.74, 6) is -0.595. The molecule has 0 unspecified atom stereocenters. The van der Waals surface area contributed by atoms with Gasteiger partial charge in [0.05, 0.1) is 17.7 Å². The van der Waals surface area contributed by atoms with Crippen LogP contribution in [0.3, 0.4) is 0 Å². The molecule has 0 heterocycles. The van der Waals surface area contributed by atoms with E-state index in [4.69, 9.17) is 16.3 Å². The van der Waals surface area contributed by atoms with Crippen LogP contribution >= 0.6 is 11.6 Å². The number of hydrogen-bond acceptors (Lipinski definition) is 5. The fourth-order valence-corrected chi connectivity index (χ4v) is 5.06. The van der Waals surface area contributed by atoms with Gasteiger partial charge in [0.25, 0.3) is 5.91 Å². The van der Waals surface area contributed by atoms with Crippen molar-refractivity contribution in [2.75, 3.05) is 6.54 Å². The van der Waals surface area contributed by atoms with Crippen molar-refractivity contribution in [2.45, 2.75) is 18.0 Å². The lowest BCUT2D eigenvalue weighted by atomic mass is 10.2. The summed E-state index contributed by atoms with van der Waals surface area (Å²) in [4.78, 5) is 12.6. The molecule has 1 N–H and O–H groups in total. The number of hydrazone groups is 1. The molecule has 1 amide bonds. The lowest BCUT2D eigenvalue weighted by molar-refractivity contribution is -0.121. The Labute approximate surface area is 231 Å². The van der Waals surface area contributed by atoms with Gasteiger partial charge >= 0.3 is 0 Å². The van der Waals surface area contributed by atoms with Crippen LogP contribution in [0.2, 0.25) is 5.02 Å². The average Bonchev–Trinajstić information content (AvgIpc) is 2.94. The number of nitrogens with zero attached hydrogens (tertiary/aromatic N) is 2. The molecule has 39 heavy (non-hydrogen) atoms. The van der Waals surface area contributed by atoms with E-state index in [2.05, 4.69) is 10.5 Å². The number of ether oxygens (including phenoxy) is 1. The first-order chi connectivity index (χ1) is 18.8. The maximum Gasteiger partial charge on any atom is 0.255 e. The quantitative estimate of drug-likeness (QED) is 0.195. The Balaban J connectivity index is 1.40. The highest BCUT2D eigenvalue weighted by Crippen LogP contribution is 2.21. The average molecular weight is 566 g/mol. The minimum Gasteiger partial charge on any atom is -0.489 e. The van der Waals surface area contributed by atoms with E-state index >= 15 is 0 Å². The summed E-state index contributed by atoms with van der Waals surface area (Å²) in [6, 6.07) is 28.2. The van der Waals surface area contributed by atoms with Gasteiger partial charge in [-0.15, -0.1) is 0 Å². The molecule has 0 saturated carbocycles. The molecule has 0 radical (unpaired) electrons. The van der Waals surface area contributed by atoms with Crippen LogP contribution in [0, 0.1) is 5.82 Å². The van der Waals surface area contributed by atoms with Crippen LogP contribution in [0.25, 0.3) is 0 Å². The first-order valence-electron chi connectivity index (χ1n) is 11.9. The molecule has 200 valence electrons. The van der Waals surface area contributed by atoms with Gasteiger partial charge in [-0.25, -0.2) is 18.2 Å². The summed E-state index contributed by atoms with van der Waals surface area (Å²) in [5.41, 5.74) is 4.20. The Hall–Kier alpha value is -4.05. The third-order valence-corrected chi connectivity index (χ3v) is 7.67. The van der Waals surface area contributed by atoms with Gasteiger partial charge < -0.3 is 4.74 Å². The van der Waals surface area contributed by atoms with Crippen LogP contribution in [-0.2, 0) is 28.0 Å². The van der Waals surface area contributed by atoms with Crippen LogP contribution < -0.4 is 10.2 Å². The number of rotatable bonds is 11. The highest BCUT2D eigenvalue weighted by Gasteiger charge is 2.27. The van der Waals surface area contributed by atoms with E-state index in [9.17, 15) is 17.6 Å². The lowest BCUT2D eigenvalue weighted by Gasteiger charge is -2.21. The molecule has 0 fully saturated rings. The number of hydrogen-bond donors (Lipinski definition) is 1. The Kier molecular flexibility index (Phi) is 9.43. The third-order valence-electron chi connectivity index (χ3n) is 5.61. The van der Waals surface area contributed by atoms with Gasteiger partial charge in [0.1, 0.15) is 18.2 Å². The molecular formula is C29H25ClFN3O4S. The normalized spacial score (nSPS) is 11.6. The number of nitrogens with one attached hydrogen (secondary N) is 1. The van der Waals surface area contributed by atoms with Crippen LogP contribution in [0.1, 0.15) is 16.7 Å². The monoisotopic (exact) mass is 565 g/mol. The van der Waals surface area contributed by atoms with Crippen molar-refractivity contribution < 1.29 is 22.3 Å². The molecule has 0 bridgehead atoms. The van der Waals surface area contributed by atoms with Gasteiger partial charge in [-0.2, -0.15) is 9.41 Å². The standard InChI is InChI=1S/C29H25ClFN3O4S/c30-25-12-16-27(17-13-25)39(36,37)34(19-24-8-4-5-9-28(24)31)20-29(35)33-32-18-22-10-14-26(15-11-22)38-21-23-6-2-1-3-7-23/h1-18H,19-21H2,(H,33,35)/b32-18-. The molecule has 4 rings (SSSR count). The van der Waals surface area contributed by atoms with Gasteiger partial charge in [-0.05, 0) is 65.7 Å². The first kappa shape index (κ1) is 28.0. The highest BCUT2D eigenvalue weighted by atomic mass is 35.5. The third kappa shape index (κ3) is 7.97. The summed E-state index contributed by atoms with van der Waals surface area (Å²) in [7, 11) is -4.15. The number of carbonyl (C=O) groups excluding carboxylic acids is 1. The summed E-state index contributed by atoms with van der Waals surface area (Å²) in [5, 5.41) is 4.29. The second-order valence-corrected chi connectivity index (χ2v) is 10.8. The molecule has 10 heteroatoms. The molecule has 0 spiro atoms. The number of benzene rings is 4. The number of sulfonamides is 1. The van der Waals surface area contributed by atoms with Gasteiger partial charge in [0, 0.05) is 17.1 Å². The zero-order chi connectivity index (χ0) is 27.7. The summed E-state index contributed by atoms with van der Waals surface area (Å²) in [6.07, 6.45) is 1.42. The van der Waals surface area contributed by atoms with E-state index in [1.54, 1.807) is 30.3 Å². The van der Waals surface area contributed by atoms with E-state index < -0.39 is 28.3 Å². The fourth-order valence-electron chi connectivity index (χ4n) is 3.56. The van der Waals surface area contributed by atoms with Crippen LogP contribution in [0.5, 0.6) is 5.75 Å². The van der Waals surface area contributed by atoms with Crippen molar-refractivity contribution in [3.8, 4) is 5.75 Å².